The zero-order valence-corrected chi connectivity index (χ0v) is 22.5. The van der Waals surface area contributed by atoms with E-state index in [1.54, 1.807) is 13.3 Å². The van der Waals surface area contributed by atoms with Crippen LogP contribution < -0.4 is 9.47 Å². The Kier molecular flexibility index (Phi) is 7.38. The third kappa shape index (κ3) is 5.05. The highest BCUT2D eigenvalue weighted by atomic mass is 16.5. The molecule has 0 radical (unpaired) electrons. The molecule has 6 rings (SSSR count). The number of hydrogen-bond donors (Lipinski definition) is 2. The first-order chi connectivity index (χ1) is 18.7. The minimum Gasteiger partial charge on any atom is -0.496 e. The molecule has 0 saturated carbocycles. The molecule has 38 heavy (non-hydrogen) atoms. The van der Waals surface area contributed by atoms with Crippen molar-refractivity contribution < 1.29 is 14.2 Å². The quantitative estimate of drug-likeness (QED) is 0.323. The van der Waals surface area contributed by atoms with Crippen LogP contribution in [-0.4, -0.2) is 53.1 Å². The van der Waals surface area contributed by atoms with Gasteiger partial charge in [-0.15, -0.1) is 0 Å². The number of hydrogen-bond acceptors (Lipinski definition) is 5. The number of nitrogens with zero attached hydrogens (tertiary/aromatic N) is 2. The number of aryl methyl sites for hydroxylation is 1. The Morgan fingerprint density at radius 1 is 1.08 bits per heavy atom. The minimum atomic E-state index is 0.181. The number of ether oxygens (including phenoxy) is 3. The summed E-state index contributed by atoms with van der Waals surface area (Å²) in [6.45, 7) is 5.47. The molecule has 4 aromatic rings. The molecule has 1 fully saturated rings. The van der Waals surface area contributed by atoms with Gasteiger partial charge in [-0.1, -0.05) is 18.6 Å². The van der Waals surface area contributed by atoms with Gasteiger partial charge in [0.15, 0.2) is 0 Å². The summed E-state index contributed by atoms with van der Waals surface area (Å²) in [4.78, 5) is 6.02. The van der Waals surface area contributed by atoms with Gasteiger partial charge in [-0.2, -0.15) is 5.10 Å². The Morgan fingerprint density at radius 2 is 1.97 bits per heavy atom. The molecule has 0 unspecified atom stereocenters. The van der Waals surface area contributed by atoms with Gasteiger partial charge in [-0.3, -0.25) is 10.00 Å². The molecule has 0 aliphatic carbocycles. The summed E-state index contributed by atoms with van der Waals surface area (Å²) in [5, 5.41) is 8.48. The van der Waals surface area contributed by atoms with Gasteiger partial charge < -0.3 is 19.2 Å². The number of likely N-dealkylation sites (tertiary alicyclic amines) is 1. The van der Waals surface area contributed by atoms with Gasteiger partial charge >= 0.3 is 0 Å². The van der Waals surface area contributed by atoms with E-state index in [0.29, 0.717) is 0 Å². The zero-order valence-electron chi connectivity index (χ0n) is 22.5. The lowest BCUT2D eigenvalue weighted by Crippen LogP contribution is -2.39. The fourth-order valence-electron chi connectivity index (χ4n) is 6.14. The van der Waals surface area contributed by atoms with Gasteiger partial charge in [0, 0.05) is 65.7 Å². The number of aromatic amines is 2. The first-order valence-electron chi connectivity index (χ1n) is 14.0. The second kappa shape index (κ2) is 11.2. The predicted octanol–water partition coefficient (Wildman–Crippen LogP) is 6.55. The number of piperidine rings is 1. The highest BCUT2D eigenvalue weighted by Crippen LogP contribution is 2.42. The number of methoxy groups -OCH3 is 1. The average Bonchev–Trinajstić information content (AvgIpc) is 3.65. The molecule has 2 bridgehead atoms. The highest BCUT2D eigenvalue weighted by molar-refractivity contribution is 5.88. The first kappa shape index (κ1) is 25.0. The molecule has 200 valence electrons. The van der Waals surface area contributed by atoms with E-state index in [9.17, 15) is 0 Å². The van der Waals surface area contributed by atoms with Crippen molar-refractivity contribution in [1.82, 2.24) is 20.1 Å². The maximum atomic E-state index is 6.52. The lowest BCUT2D eigenvalue weighted by Gasteiger charge is -2.40. The second-order valence-corrected chi connectivity index (χ2v) is 10.6. The van der Waals surface area contributed by atoms with Crippen LogP contribution in [0.5, 0.6) is 11.5 Å². The average molecular weight is 515 g/mol. The molecule has 2 aromatic carbocycles. The largest absolute Gasteiger partial charge is 0.496 e. The van der Waals surface area contributed by atoms with Crippen molar-refractivity contribution in [3.63, 3.8) is 0 Å². The van der Waals surface area contributed by atoms with Crippen molar-refractivity contribution >= 4 is 10.9 Å². The molecule has 2 N–H and O–H groups in total. The first-order valence-corrected chi connectivity index (χ1v) is 14.0. The molecule has 0 spiro atoms. The van der Waals surface area contributed by atoms with Gasteiger partial charge in [-0.25, -0.2) is 0 Å². The van der Waals surface area contributed by atoms with Crippen LogP contribution in [0, 0.1) is 6.92 Å². The van der Waals surface area contributed by atoms with Crippen molar-refractivity contribution in [2.24, 2.45) is 0 Å². The molecule has 2 aliphatic rings. The number of H-pyrrole nitrogens is 2. The summed E-state index contributed by atoms with van der Waals surface area (Å²) in [6.07, 6.45) is 10.6. The molecule has 2 aliphatic heterocycles. The van der Waals surface area contributed by atoms with Crippen LogP contribution in [0.1, 0.15) is 61.3 Å². The lowest BCUT2D eigenvalue weighted by atomic mass is 9.90. The molecule has 0 amide bonds. The number of aromatic nitrogens is 3. The summed E-state index contributed by atoms with van der Waals surface area (Å²) in [5.41, 5.74) is 6.94. The van der Waals surface area contributed by atoms with E-state index in [1.165, 1.54) is 40.4 Å². The van der Waals surface area contributed by atoms with Gasteiger partial charge in [0.25, 0.3) is 0 Å². The Labute approximate surface area is 224 Å². The van der Waals surface area contributed by atoms with E-state index < -0.39 is 0 Å². The van der Waals surface area contributed by atoms with E-state index >= 15 is 0 Å². The van der Waals surface area contributed by atoms with Crippen LogP contribution in [0.2, 0.25) is 0 Å². The van der Waals surface area contributed by atoms with E-state index in [4.69, 9.17) is 14.2 Å². The maximum Gasteiger partial charge on any atom is 0.124 e. The SMILES string of the molecule is COc1cc(C)c2[nH]ccc2c1CN1CC[C@H]2C[C@H]1c1ccc(-c3ccn[nH]3)cc1OCCCCCCO2. The summed E-state index contributed by atoms with van der Waals surface area (Å²) >= 11 is 0. The molecular weight excluding hydrogens is 476 g/mol. The maximum absolute atomic E-state index is 6.52. The van der Waals surface area contributed by atoms with Gasteiger partial charge in [0.2, 0.25) is 0 Å². The van der Waals surface area contributed by atoms with Crippen LogP contribution >= 0.6 is 0 Å². The Balaban J connectivity index is 1.40. The van der Waals surface area contributed by atoms with E-state index in [-0.39, 0.29) is 12.1 Å². The van der Waals surface area contributed by atoms with E-state index in [0.717, 1.165) is 74.7 Å². The lowest BCUT2D eigenvalue weighted by molar-refractivity contribution is -0.0203. The number of benzene rings is 2. The number of nitrogens with one attached hydrogen (secondary N) is 2. The van der Waals surface area contributed by atoms with Gasteiger partial charge in [-0.05, 0) is 68.9 Å². The van der Waals surface area contributed by atoms with Crippen LogP contribution in [0.25, 0.3) is 22.2 Å². The molecule has 2 aromatic heterocycles. The number of rotatable bonds is 4. The number of fused-ring (bicyclic) bond motifs is 5. The van der Waals surface area contributed by atoms with Crippen LogP contribution in [-0.2, 0) is 11.3 Å². The summed E-state index contributed by atoms with van der Waals surface area (Å²) in [6, 6.07) is 13.1. The minimum absolute atomic E-state index is 0.181. The molecule has 4 heterocycles. The molecule has 7 heteroatoms. The highest BCUT2D eigenvalue weighted by Gasteiger charge is 2.33. The molecule has 1 saturated heterocycles. The summed E-state index contributed by atoms with van der Waals surface area (Å²) in [7, 11) is 1.77. The standard InChI is InChI=1S/C31H38N4O3/c1-21-17-29(36-2)26(24-9-12-32-31(21)24)20-35-14-11-23-19-28(35)25-8-7-22(27-10-13-33-34-27)18-30(25)38-16-6-4-3-5-15-37-23/h7-10,12-13,17-18,23,28,32H,3-6,11,14-16,19-20H2,1-2H3,(H,33,34)/t23-,28-/m0/s1. The Hall–Kier alpha value is -3.29. The van der Waals surface area contributed by atoms with E-state index in [2.05, 4.69) is 57.3 Å². The fourth-order valence-corrected chi connectivity index (χ4v) is 6.14. The van der Waals surface area contributed by atoms with Crippen molar-refractivity contribution in [2.75, 3.05) is 26.9 Å². The smallest absolute Gasteiger partial charge is 0.124 e. The van der Waals surface area contributed by atoms with Crippen LogP contribution in [0.4, 0.5) is 0 Å². The zero-order chi connectivity index (χ0) is 25.9. The Morgan fingerprint density at radius 3 is 2.82 bits per heavy atom. The molecule has 7 nitrogen and oxygen atoms in total. The monoisotopic (exact) mass is 514 g/mol. The van der Waals surface area contributed by atoms with Crippen LogP contribution in [0.15, 0.2) is 48.8 Å². The predicted molar refractivity (Wildman–Crippen MR) is 150 cm³/mol. The van der Waals surface area contributed by atoms with Crippen LogP contribution in [0.3, 0.4) is 0 Å². The third-order valence-corrected chi connectivity index (χ3v) is 8.19. The summed E-state index contributed by atoms with van der Waals surface area (Å²) < 4.78 is 18.8. The second-order valence-electron chi connectivity index (χ2n) is 10.6. The van der Waals surface area contributed by atoms with E-state index in [1.807, 2.05) is 12.3 Å². The molecular formula is C31H38N4O3. The Bertz CT molecular complexity index is 1360. The van der Waals surface area contributed by atoms with Gasteiger partial charge in [0.1, 0.15) is 11.5 Å². The van der Waals surface area contributed by atoms with Crippen molar-refractivity contribution in [1.29, 1.82) is 0 Å². The van der Waals surface area contributed by atoms with Crippen molar-refractivity contribution in [2.45, 2.75) is 64.1 Å². The van der Waals surface area contributed by atoms with Crippen molar-refractivity contribution in [3.8, 4) is 22.8 Å². The molecule has 2 atom stereocenters. The van der Waals surface area contributed by atoms with Crippen molar-refractivity contribution in [3.05, 3.63) is 65.5 Å². The normalized spacial score (nSPS) is 21.1. The van der Waals surface area contributed by atoms with Gasteiger partial charge in [0.05, 0.1) is 25.5 Å². The summed E-state index contributed by atoms with van der Waals surface area (Å²) in [5.74, 6) is 1.92. The third-order valence-electron chi connectivity index (χ3n) is 8.19. The fraction of sp³-hybridized carbons (Fsp3) is 0.452. The topological polar surface area (TPSA) is 75.4 Å².